The molecule has 3 heteroatoms. The minimum absolute atomic E-state index is 0.434. The maximum absolute atomic E-state index is 5.58. The summed E-state index contributed by atoms with van der Waals surface area (Å²) in [6.07, 6.45) is 7.67. The van der Waals surface area contributed by atoms with Crippen LogP contribution < -0.4 is 11.3 Å². The molecule has 3 N–H and O–H groups in total. The quantitative estimate of drug-likeness (QED) is 0.270. The van der Waals surface area contributed by atoms with Gasteiger partial charge in [0.25, 0.3) is 0 Å². The Labute approximate surface area is 103 Å². The van der Waals surface area contributed by atoms with Crippen molar-refractivity contribution in [2.75, 3.05) is 0 Å². The van der Waals surface area contributed by atoms with Crippen LogP contribution in [0.1, 0.15) is 44.1 Å². The normalized spacial score (nSPS) is 18.8. The van der Waals surface area contributed by atoms with Crippen molar-refractivity contribution in [2.45, 2.75) is 44.6 Å². The van der Waals surface area contributed by atoms with Gasteiger partial charge in [-0.2, -0.15) is 0 Å². The molecule has 0 unspecified atom stereocenters. The lowest BCUT2D eigenvalue weighted by atomic mass is 10.1. The predicted molar refractivity (Wildman–Crippen MR) is 71.8 cm³/mol. The Morgan fingerprint density at radius 2 is 1.71 bits per heavy atom. The smallest absolute Gasteiger partial charge is 0.142 e. The molecular formula is C14H21N3. The molecule has 0 spiro atoms. The molecule has 0 heterocycles. The Hall–Kier alpha value is -1.35. The van der Waals surface area contributed by atoms with E-state index in [1.165, 1.54) is 38.5 Å². The van der Waals surface area contributed by atoms with E-state index in [0.29, 0.717) is 6.04 Å². The van der Waals surface area contributed by atoms with Crippen molar-refractivity contribution in [3.8, 4) is 0 Å². The number of nitrogens with one attached hydrogen (secondary N) is 1. The van der Waals surface area contributed by atoms with Crippen molar-refractivity contribution in [2.24, 2.45) is 10.8 Å². The number of rotatable bonds is 2. The molecule has 17 heavy (non-hydrogen) atoms. The highest BCUT2D eigenvalue weighted by molar-refractivity contribution is 5.98. The minimum atomic E-state index is 0.434. The third-order valence-corrected chi connectivity index (χ3v) is 3.32. The Morgan fingerprint density at radius 3 is 2.29 bits per heavy atom. The molecule has 0 bridgehead atoms. The van der Waals surface area contributed by atoms with Crippen molar-refractivity contribution in [1.82, 2.24) is 5.43 Å². The van der Waals surface area contributed by atoms with Crippen molar-refractivity contribution < 1.29 is 0 Å². The molecule has 0 aromatic heterocycles. The van der Waals surface area contributed by atoms with E-state index in [0.717, 1.165) is 11.4 Å². The van der Waals surface area contributed by atoms with Gasteiger partial charge in [0.15, 0.2) is 0 Å². The van der Waals surface area contributed by atoms with Crippen LogP contribution in [-0.4, -0.2) is 11.9 Å². The number of hydrogen-bond acceptors (Lipinski definition) is 2. The van der Waals surface area contributed by atoms with E-state index in [1.807, 2.05) is 30.3 Å². The van der Waals surface area contributed by atoms with Crippen LogP contribution in [0.15, 0.2) is 35.3 Å². The van der Waals surface area contributed by atoms with E-state index >= 15 is 0 Å². The van der Waals surface area contributed by atoms with Crippen LogP contribution in [0, 0.1) is 0 Å². The van der Waals surface area contributed by atoms with Crippen LogP contribution >= 0.6 is 0 Å². The predicted octanol–water partition coefficient (Wildman–Crippen LogP) is 2.62. The van der Waals surface area contributed by atoms with Gasteiger partial charge in [0.05, 0.1) is 6.04 Å². The zero-order valence-corrected chi connectivity index (χ0v) is 10.2. The zero-order chi connectivity index (χ0) is 11.9. The van der Waals surface area contributed by atoms with E-state index in [-0.39, 0.29) is 0 Å². The van der Waals surface area contributed by atoms with E-state index in [4.69, 9.17) is 10.8 Å². The first-order chi connectivity index (χ1) is 8.40. The third-order valence-electron chi connectivity index (χ3n) is 3.32. The molecule has 3 nitrogen and oxygen atoms in total. The summed E-state index contributed by atoms with van der Waals surface area (Å²) in [7, 11) is 0. The fourth-order valence-corrected chi connectivity index (χ4v) is 2.36. The first-order valence-corrected chi connectivity index (χ1v) is 6.50. The molecule has 0 aliphatic heterocycles. The molecular weight excluding hydrogens is 210 g/mol. The number of nitrogens with zero attached hydrogens (tertiary/aromatic N) is 1. The van der Waals surface area contributed by atoms with Crippen LogP contribution in [0.25, 0.3) is 0 Å². The number of nitrogens with two attached hydrogens (primary N) is 1. The first kappa shape index (κ1) is 12.1. The Morgan fingerprint density at radius 1 is 1.06 bits per heavy atom. The molecule has 1 saturated carbocycles. The number of hydrazine groups is 1. The van der Waals surface area contributed by atoms with Gasteiger partial charge in [0.2, 0.25) is 0 Å². The van der Waals surface area contributed by atoms with Crippen LogP contribution in [-0.2, 0) is 0 Å². The van der Waals surface area contributed by atoms with Crippen molar-refractivity contribution in [3.63, 3.8) is 0 Å². The molecule has 1 fully saturated rings. The van der Waals surface area contributed by atoms with Gasteiger partial charge in [-0.1, -0.05) is 56.0 Å². The van der Waals surface area contributed by atoms with E-state index in [2.05, 4.69) is 5.43 Å². The fraction of sp³-hybridized carbons (Fsp3) is 0.500. The van der Waals surface area contributed by atoms with Gasteiger partial charge >= 0.3 is 0 Å². The molecule has 1 aliphatic carbocycles. The van der Waals surface area contributed by atoms with Crippen molar-refractivity contribution in [1.29, 1.82) is 0 Å². The third kappa shape index (κ3) is 3.56. The molecule has 0 amide bonds. The Balaban J connectivity index is 2.11. The molecule has 1 aliphatic rings. The molecule has 2 rings (SSSR count). The van der Waals surface area contributed by atoms with Gasteiger partial charge in [-0.05, 0) is 12.8 Å². The maximum atomic E-state index is 5.58. The van der Waals surface area contributed by atoms with Crippen molar-refractivity contribution >= 4 is 5.84 Å². The van der Waals surface area contributed by atoms with Crippen LogP contribution in [0.5, 0.6) is 0 Å². The van der Waals surface area contributed by atoms with E-state index in [9.17, 15) is 0 Å². The highest BCUT2D eigenvalue weighted by Crippen LogP contribution is 2.20. The van der Waals surface area contributed by atoms with E-state index in [1.54, 1.807) is 0 Å². The van der Waals surface area contributed by atoms with Gasteiger partial charge < -0.3 is 5.43 Å². The molecule has 0 atom stereocenters. The fourth-order valence-electron chi connectivity index (χ4n) is 2.36. The summed E-state index contributed by atoms with van der Waals surface area (Å²) in [5.74, 6) is 6.40. The van der Waals surface area contributed by atoms with Gasteiger partial charge in [-0.15, -0.1) is 0 Å². The summed E-state index contributed by atoms with van der Waals surface area (Å²) in [6.45, 7) is 0. The number of benzene rings is 1. The van der Waals surface area contributed by atoms with Crippen molar-refractivity contribution in [3.05, 3.63) is 35.9 Å². The zero-order valence-electron chi connectivity index (χ0n) is 10.2. The molecule has 0 radical (unpaired) electrons. The SMILES string of the molecule is NNC(=NC1CCCCCC1)c1ccccc1. The highest BCUT2D eigenvalue weighted by Gasteiger charge is 2.12. The second-order valence-electron chi connectivity index (χ2n) is 4.63. The Kier molecular flexibility index (Phi) is 4.56. The van der Waals surface area contributed by atoms with Crippen LogP contribution in [0.2, 0.25) is 0 Å². The largest absolute Gasteiger partial charge is 0.308 e. The molecule has 1 aromatic rings. The van der Waals surface area contributed by atoms with Crippen LogP contribution in [0.3, 0.4) is 0 Å². The van der Waals surface area contributed by atoms with E-state index < -0.39 is 0 Å². The summed E-state index contributed by atoms with van der Waals surface area (Å²) in [5, 5.41) is 0. The number of hydrogen-bond donors (Lipinski definition) is 2. The lowest BCUT2D eigenvalue weighted by Gasteiger charge is -2.12. The molecule has 92 valence electrons. The lowest BCUT2D eigenvalue weighted by Crippen LogP contribution is -2.32. The molecule has 1 aromatic carbocycles. The average molecular weight is 231 g/mol. The summed E-state index contributed by atoms with van der Waals surface area (Å²) in [6, 6.07) is 10.5. The standard InChI is InChI=1S/C14H21N3/c15-17-14(12-8-4-3-5-9-12)16-13-10-6-1-2-7-11-13/h3-5,8-9,13H,1-2,6-7,10-11,15H2,(H,16,17). The summed E-state index contributed by atoms with van der Waals surface area (Å²) in [4.78, 5) is 4.76. The van der Waals surface area contributed by atoms with Gasteiger partial charge in [0.1, 0.15) is 5.84 Å². The molecule has 0 saturated heterocycles. The summed E-state index contributed by atoms with van der Waals surface area (Å²) in [5.41, 5.74) is 3.80. The second-order valence-corrected chi connectivity index (χ2v) is 4.63. The maximum Gasteiger partial charge on any atom is 0.142 e. The second kappa shape index (κ2) is 6.40. The van der Waals surface area contributed by atoms with Gasteiger partial charge in [0, 0.05) is 5.56 Å². The van der Waals surface area contributed by atoms with Gasteiger partial charge in [-0.3, -0.25) is 4.99 Å². The minimum Gasteiger partial charge on any atom is -0.308 e. The lowest BCUT2D eigenvalue weighted by molar-refractivity contribution is 0.583. The first-order valence-electron chi connectivity index (χ1n) is 6.50. The summed E-state index contributed by atoms with van der Waals surface area (Å²) >= 11 is 0. The number of aliphatic imine (C=N–C) groups is 1. The average Bonchev–Trinajstić information content (AvgIpc) is 2.65. The van der Waals surface area contributed by atoms with Crippen LogP contribution in [0.4, 0.5) is 0 Å². The number of amidine groups is 1. The topological polar surface area (TPSA) is 50.4 Å². The highest BCUT2D eigenvalue weighted by atomic mass is 15.3. The van der Waals surface area contributed by atoms with Gasteiger partial charge in [-0.25, -0.2) is 5.84 Å². The Bertz CT molecular complexity index is 351. The monoisotopic (exact) mass is 231 g/mol. The summed E-state index contributed by atoms with van der Waals surface area (Å²) < 4.78 is 0.